The first kappa shape index (κ1) is 11.5. The fourth-order valence-electron chi connectivity index (χ4n) is 0.944. The van der Waals surface area contributed by atoms with Crippen molar-refractivity contribution in [3.8, 4) is 5.75 Å². The van der Waals surface area contributed by atoms with E-state index in [2.05, 4.69) is 15.9 Å². The molecule has 0 atom stereocenters. The number of benzene rings is 1. The monoisotopic (exact) mass is 276 g/mol. The minimum Gasteiger partial charge on any atom is -0.492 e. The second kappa shape index (κ2) is 6.04. The molecule has 0 bridgehead atoms. The van der Waals surface area contributed by atoms with Crippen LogP contribution in [0.2, 0.25) is 5.02 Å². The Morgan fingerprint density at radius 3 is 2.86 bits per heavy atom. The van der Waals surface area contributed by atoms with Gasteiger partial charge >= 0.3 is 0 Å². The summed E-state index contributed by atoms with van der Waals surface area (Å²) < 4.78 is 5.40. The molecule has 0 aliphatic carbocycles. The van der Waals surface area contributed by atoms with Crippen LogP contribution in [0, 0.1) is 0 Å². The number of alkyl halides is 1. The number of aldehydes is 1. The molecular weight excluding hydrogens is 267 g/mol. The van der Waals surface area contributed by atoms with Gasteiger partial charge in [-0.2, -0.15) is 0 Å². The van der Waals surface area contributed by atoms with Crippen molar-refractivity contribution in [1.82, 2.24) is 0 Å². The number of rotatable bonds is 5. The summed E-state index contributed by atoms with van der Waals surface area (Å²) >= 11 is 9.20. The lowest BCUT2D eigenvalue weighted by Crippen LogP contribution is -1.98. The van der Waals surface area contributed by atoms with Crippen LogP contribution < -0.4 is 4.74 Å². The van der Waals surface area contributed by atoms with E-state index in [9.17, 15) is 4.79 Å². The van der Waals surface area contributed by atoms with Crippen molar-refractivity contribution in [2.75, 3.05) is 11.9 Å². The summed E-state index contributed by atoms with van der Waals surface area (Å²) in [6.45, 7) is 0.616. The fraction of sp³-hybridized carbons (Fsp3) is 0.300. The van der Waals surface area contributed by atoms with Crippen molar-refractivity contribution in [2.24, 2.45) is 0 Å². The highest BCUT2D eigenvalue weighted by Gasteiger charge is 2.01. The Kier molecular flexibility index (Phi) is 4.98. The third kappa shape index (κ3) is 3.31. The van der Waals surface area contributed by atoms with Crippen LogP contribution in [0.4, 0.5) is 0 Å². The molecule has 1 rings (SSSR count). The van der Waals surface area contributed by atoms with E-state index in [4.69, 9.17) is 16.3 Å². The molecule has 0 N–H and O–H groups in total. The van der Waals surface area contributed by atoms with Crippen molar-refractivity contribution in [2.45, 2.75) is 6.42 Å². The van der Waals surface area contributed by atoms with Crippen molar-refractivity contribution in [3.05, 3.63) is 28.8 Å². The molecule has 0 saturated heterocycles. The van der Waals surface area contributed by atoms with Crippen LogP contribution in [0.1, 0.15) is 16.8 Å². The summed E-state index contributed by atoms with van der Waals surface area (Å²) in [6.07, 6.45) is 1.68. The molecule has 0 aliphatic rings. The Bertz CT molecular complexity index is 315. The molecule has 0 amide bonds. The van der Waals surface area contributed by atoms with E-state index in [0.717, 1.165) is 18.0 Å². The molecule has 1 aromatic rings. The van der Waals surface area contributed by atoms with Crippen molar-refractivity contribution in [1.29, 1.82) is 0 Å². The Morgan fingerprint density at radius 2 is 2.29 bits per heavy atom. The minimum atomic E-state index is 0.476. The zero-order valence-electron chi connectivity index (χ0n) is 7.50. The topological polar surface area (TPSA) is 26.3 Å². The van der Waals surface area contributed by atoms with Gasteiger partial charge in [0.2, 0.25) is 0 Å². The van der Waals surface area contributed by atoms with Crippen LogP contribution in [0.15, 0.2) is 18.2 Å². The molecule has 0 radical (unpaired) electrons. The van der Waals surface area contributed by atoms with Gasteiger partial charge in [0.25, 0.3) is 0 Å². The van der Waals surface area contributed by atoms with E-state index in [0.29, 0.717) is 22.9 Å². The molecule has 0 unspecified atom stereocenters. The van der Waals surface area contributed by atoms with E-state index < -0.39 is 0 Å². The van der Waals surface area contributed by atoms with Gasteiger partial charge in [0, 0.05) is 10.9 Å². The van der Waals surface area contributed by atoms with Crippen LogP contribution >= 0.6 is 27.5 Å². The predicted octanol–water partition coefficient (Wildman–Crippen LogP) is 3.32. The molecule has 76 valence electrons. The number of halogens is 2. The highest BCUT2D eigenvalue weighted by atomic mass is 79.9. The quantitative estimate of drug-likeness (QED) is 0.469. The molecular formula is C10H10BrClO2. The van der Waals surface area contributed by atoms with E-state index in [-0.39, 0.29) is 0 Å². The summed E-state index contributed by atoms with van der Waals surface area (Å²) in [5.74, 6) is 0.623. The molecule has 2 nitrogen and oxygen atoms in total. The smallest absolute Gasteiger partial charge is 0.150 e. The van der Waals surface area contributed by atoms with E-state index in [1.165, 1.54) is 0 Å². The Hall–Kier alpha value is -0.540. The van der Waals surface area contributed by atoms with Gasteiger partial charge < -0.3 is 4.74 Å². The zero-order valence-corrected chi connectivity index (χ0v) is 9.85. The van der Waals surface area contributed by atoms with Crippen LogP contribution in [0.25, 0.3) is 0 Å². The molecule has 14 heavy (non-hydrogen) atoms. The number of carbonyl (C=O) groups excluding carboxylic acids is 1. The van der Waals surface area contributed by atoms with Crippen LogP contribution in [0.3, 0.4) is 0 Å². The van der Waals surface area contributed by atoms with Crippen LogP contribution in [-0.4, -0.2) is 18.2 Å². The first-order chi connectivity index (χ1) is 6.77. The summed E-state index contributed by atoms with van der Waals surface area (Å²) in [7, 11) is 0. The van der Waals surface area contributed by atoms with Crippen molar-refractivity contribution >= 4 is 33.8 Å². The number of carbonyl (C=O) groups is 1. The average Bonchev–Trinajstić information content (AvgIpc) is 2.20. The second-order valence-electron chi connectivity index (χ2n) is 2.70. The highest BCUT2D eigenvalue weighted by Crippen LogP contribution is 2.24. The van der Waals surface area contributed by atoms with Gasteiger partial charge in [-0.1, -0.05) is 27.5 Å². The number of hydrogen-bond donors (Lipinski definition) is 0. The van der Waals surface area contributed by atoms with E-state index in [1.54, 1.807) is 18.2 Å². The maximum absolute atomic E-state index is 10.4. The van der Waals surface area contributed by atoms with Crippen molar-refractivity contribution < 1.29 is 9.53 Å². The second-order valence-corrected chi connectivity index (χ2v) is 3.90. The van der Waals surface area contributed by atoms with Crippen LogP contribution in [-0.2, 0) is 0 Å². The van der Waals surface area contributed by atoms with Crippen LogP contribution in [0.5, 0.6) is 5.75 Å². The predicted molar refractivity (Wildman–Crippen MR) is 60.7 cm³/mol. The lowest BCUT2D eigenvalue weighted by molar-refractivity contribution is 0.112. The van der Waals surface area contributed by atoms with Gasteiger partial charge in [0.1, 0.15) is 12.0 Å². The van der Waals surface area contributed by atoms with Gasteiger partial charge in [-0.15, -0.1) is 0 Å². The molecule has 0 saturated carbocycles. The highest BCUT2D eigenvalue weighted by molar-refractivity contribution is 9.09. The van der Waals surface area contributed by atoms with E-state index in [1.807, 2.05) is 0 Å². The van der Waals surface area contributed by atoms with E-state index >= 15 is 0 Å². The number of ether oxygens (including phenoxy) is 1. The molecule has 0 fully saturated rings. The molecule has 4 heteroatoms. The number of hydrogen-bond acceptors (Lipinski definition) is 2. The van der Waals surface area contributed by atoms with Gasteiger partial charge in [0.05, 0.1) is 11.6 Å². The lowest BCUT2D eigenvalue weighted by Gasteiger charge is -2.06. The summed E-state index contributed by atoms with van der Waals surface area (Å²) in [6, 6.07) is 4.99. The third-order valence-corrected chi connectivity index (χ3v) is 2.48. The Morgan fingerprint density at radius 1 is 1.50 bits per heavy atom. The first-order valence-electron chi connectivity index (χ1n) is 4.21. The third-order valence-electron chi connectivity index (χ3n) is 1.63. The molecule has 1 aromatic carbocycles. The van der Waals surface area contributed by atoms with Gasteiger partial charge in [-0.3, -0.25) is 4.79 Å². The average molecular weight is 278 g/mol. The summed E-state index contributed by atoms with van der Waals surface area (Å²) in [5.41, 5.74) is 0.558. The van der Waals surface area contributed by atoms with Gasteiger partial charge in [-0.25, -0.2) is 0 Å². The van der Waals surface area contributed by atoms with Gasteiger partial charge in [0.15, 0.2) is 0 Å². The summed E-state index contributed by atoms with van der Waals surface area (Å²) in [4.78, 5) is 10.4. The standard InChI is InChI=1S/C10H10BrClO2/c11-4-1-5-14-10-3-2-8(7-13)6-9(10)12/h2-3,6-7H,1,4-5H2. The van der Waals surface area contributed by atoms with Crippen molar-refractivity contribution in [3.63, 3.8) is 0 Å². The molecule has 0 heterocycles. The Labute approximate surface area is 96.3 Å². The molecule has 0 aliphatic heterocycles. The SMILES string of the molecule is O=Cc1ccc(OCCCBr)c(Cl)c1. The largest absolute Gasteiger partial charge is 0.492 e. The lowest BCUT2D eigenvalue weighted by atomic mass is 10.2. The summed E-state index contributed by atoms with van der Waals surface area (Å²) in [5, 5.41) is 1.38. The zero-order chi connectivity index (χ0) is 10.4. The first-order valence-corrected chi connectivity index (χ1v) is 5.71. The normalized spacial score (nSPS) is 9.86. The maximum atomic E-state index is 10.4. The molecule has 0 spiro atoms. The fourth-order valence-corrected chi connectivity index (χ4v) is 1.42. The maximum Gasteiger partial charge on any atom is 0.150 e. The minimum absolute atomic E-state index is 0.476. The Balaban J connectivity index is 2.64. The van der Waals surface area contributed by atoms with Gasteiger partial charge in [-0.05, 0) is 24.6 Å². The molecule has 0 aromatic heterocycles.